The molecule has 3 N–H and O–H groups in total. The summed E-state index contributed by atoms with van der Waals surface area (Å²) in [6.07, 6.45) is 8.73. The Morgan fingerprint density at radius 2 is 2.24 bits per heavy atom. The van der Waals surface area contributed by atoms with Gasteiger partial charge in [0.15, 0.2) is 5.65 Å². The zero-order chi connectivity index (χ0) is 14.8. The fourth-order valence-corrected chi connectivity index (χ4v) is 2.40. The van der Waals surface area contributed by atoms with Crippen LogP contribution in [0.25, 0.3) is 11.0 Å². The molecule has 0 aliphatic heterocycles. The fraction of sp³-hybridized carbons (Fsp3) is 0.533. The number of amides is 1. The van der Waals surface area contributed by atoms with Crippen molar-refractivity contribution >= 4 is 28.3 Å². The lowest BCUT2D eigenvalue weighted by atomic mass is 10.2. The van der Waals surface area contributed by atoms with E-state index in [2.05, 4.69) is 22.3 Å². The Kier molecular flexibility index (Phi) is 3.77. The van der Waals surface area contributed by atoms with Gasteiger partial charge < -0.3 is 11.1 Å². The molecule has 0 atom stereocenters. The Morgan fingerprint density at radius 3 is 2.95 bits per heavy atom. The first-order valence-electron chi connectivity index (χ1n) is 7.61. The van der Waals surface area contributed by atoms with E-state index in [-0.39, 0.29) is 11.8 Å². The number of pyridine rings is 1. The molecule has 1 fully saturated rings. The number of anilines is 2. The molecular formula is C15H21N5O. The molecule has 112 valence electrons. The van der Waals surface area contributed by atoms with Crippen LogP contribution in [0.5, 0.6) is 0 Å². The first kappa shape index (κ1) is 13.9. The number of rotatable bonds is 6. The van der Waals surface area contributed by atoms with Crippen LogP contribution in [0, 0.1) is 5.92 Å². The van der Waals surface area contributed by atoms with Gasteiger partial charge in [0.1, 0.15) is 0 Å². The van der Waals surface area contributed by atoms with Gasteiger partial charge in [0.25, 0.3) is 0 Å². The van der Waals surface area contributed by atoms with E-state index in [1.807, 2.05) is 4.68 Å². The van der Waals surface area contributed by atoms with Crippen LogP contribution in [-0.4, -0.2) is 20.7 Å². The van der Waals surface area contributed by atoms with Gasteiger partial charge in [-0.25, -0.2) is 9.67 Å². The van der Waals surface area contributed by atoms with Crippen LogP contribution in [0.4, 0.5) is 11.4 Å². The maximum atomic E-state index is 11.8. The maximum absolute atomic E-state index is 11.8. The van der Waals surface area contributed by atoms with E-state index >= 15 is 0 Å². The van der Waals surface area contributed by atoms with Crippen LogP contribution in [0.2, 0.25) is 0 Å². The number of aryl methyl sites for hydroxylation is 1. The summed E-state index contributed by atoms with van der Waals surface area (Å²) >= 11 is 0. The topological polar surface area (TPSA) is 85.8 Å². The summed E-state index contributed by atoms with van der Waals surface area (Å²) < 4.78 is 1.88. The molecule has 2 heterocycles. The van der Waals surface area contributed by atoms with Crippen LogP contribution in [0.3, 0.4) is 0 Å². The monoisotopic (exact) mass is 287 g/mol. The molecule has 1 aliphatic rings. The summed E-state index contributed by atoms with van der Waals surface area (Å²) in [5.41, 5.74) is 8.08. The molecule has 6 heteroatoms. The van der Waals surface area contributed by atoms with E-state index in [1.54, 1.807) is 12.4 Å². The van der Waals surface area contributed by atoms with E-state index < -0.39 is 0 Å². The summed E-state index contributed by atoms with van der Waals surface area (Å²) in [5, 5.41) is 8.03. The number of aromatic nitrogens is 3. The van der Waals surface area contributed by atoms with Crippen molar-refractivity contribution in [2.45, 2.75) is 45.6 Å². The van der Waals surface area contributed by atoms with Gasteiger partial charge in [0, 0.05) is 12.5 Å². The highest BCUT2D eigenvalue weighted by molar-refractivity contribution is 6.02. The van der Waals surface area contributed by atoms with Crippen molar-refractivity contribution in [3.05, 3.63) is 12.4 Å². The average molecular weight is 287 g/mol. The lowest BCUT2D eigenvalue weighted by Crippen LogP contribution is -2.15. The lowest BCUT2D eigenvalue weighted by Gasteiger charge is -2.08. The summed E-state index contributed by atoms with van der Waals surface area (Å²) in [5.74, 6) is 0.190. The molecule has 1 aliphatic carbocycles. The highest BCUT2D eigenvalue weighted by atomic mass is 16.2. The number of unbranched alkanes of at least 4 members (excludes halogenated alkanes) is 2. The highest BCUT2D eigenvalue weighted by Crippen LogP contribution is 2.32. The van der Waals surface area contributed by atoms with Gasteiger partial charge >= 0.3 is 0 Å². The predicted octanol–water partition coefficient (Wildman–Crippen LogP) is 2.55. The number of nitrogens with zero attached hydrogens (tertiary/aromatic N) is 3. The number of nitrogens with two attached hydrogens (primary N) is 1. The van der Waals surface area contributed by atoms with Crippen molar-refractivity contribution in [3.63, 3.8) is 0 Å². The average Bonchev–Trinajstić information content (AvgIpc) is 3.25. The van der Waals surface area contributed by atoms with E-state index in [0.717, 1.165) is 36.8 Å². The number of nitrogen functional groups attached to an aromatic ring is 1. The zero-order valence-electron chi connectivity index (χ0n) is 12.3. The largest absolute Gasteiger partial charge is 0.396 e. The molecule has 0 spiro atoms. The van der Waals surface area contributed by atoms with Gasteiger partial charge in [-0.05, 0) is 19.3 Å². The second-order valence-electron chi connectivity index (χ2n) is 5.66. The molecule has 21 heavy (non-hydrogen) atoms. The highest BCUT2D eigenvalue weighted by Gasteiger charge is 2.30. The molecule has 0 bridgehead atoms. The van der Waals surface area contributed by atoms with E-state index in [1.165, 1.54) is 12.8 Å². The second-order valence-corrected chi connectivity index (χ2v) is 5.66. The summed E-state index contributed by atoms with van der Waals surface area (Å²) in [6.45, 7) is 3.02. The smallest absolute Gasteiger partial charge is 0.227 e. The van der Waals surface area contributed by atoms with E-state index in [0.29, 0.717) is 11.4 Å². The summed E-state index contributed by atoms with van der Waals surface area (Å²) in [7, 11) is 0. The van der Waals surface area contributed by atoms with Crippen molar-refractivity contribution in [1.29, 1.82) is 0 Å². The number of hydrogen-bond acceptors (Lipinski definition) is 4. The minimum atomic E-state index is 0.0400. The Hall–Kier alpha value is -2.11. The minimum absolute atomic E-state index is 0.0400. The van der Waals surface area contributed by atoms with Gasteiger partial charge in [-0.2, -0.15) is 5.10 Å². The fourth-order valence-electron chi connectivity index (χ4n) is 2.40. The van der Waals surface area contributed by atoms with Crippen molar-refractivity contribution in [3.8, 4) is 0 Å². The van der Waals surface area contributed by atoms with E-state index in [9.17, 15) is 4.79 Å². The molecule has 2 aromatic rings. The third-order valence-corrected chi connectivity index (χ3v) is 3.89. The predicted molar refractivity (Wildman–Crippen MR) is 82.8 cm³/mol. The molecule has 6 nitrogen and oxygen atoms in total. The Balaban J connectivity index is 1.81. The molecule has 2 aromatic heterocycles. The van der Waals surface area contributed by atoms with Crippen molar-refractivity contribution in [2.75, 3.05) is 11.1 Å². The van der Waals surface area contributed by atoms with E-state index in [4.69, 9.17) is 5.73 Å². The molecule has 0 aromatic carbocycles. The van der Waals surface area contributed by atoms with Crippen LogP contribution in [-0.2, 0) is 11.3 Å². The normalized spacial score (nSPS) is 14.5. The molecule has 0 unspecified atom stereocenters. The van der Waals surface area contributed by atoms with Gasteiger partial charge in [-0.15, -0.1) is 0 Å². The third-order valence-electron chi connectivity index (χ3n) is 3.89. The lowest BCUT2D eigenvalue weighted by molar-refractivity contribution is -0.117. The maximum Gasteiger partial charge on any atom is 0.227 e. The number of fused-ring (bicyclic) bond motifs is 1. The molecule has 0 saturated heterocycles. The minimum Gasteiger partial charge on any atom is -0.396 e. The first-order chi connectivity index (χ1) is 10.2. The quantitative estimate of drug-likeness (QED) is 0.799. The van der Waals surface area contributed by atoms with Gasteiger partial charge in [-0.1, -0.05) is 19.8 Å². The Morgan fingerprint density at radius 1 is 1.43 bits per heavy atom. The van der Waals surface area contributed by atoms with Gasteiger partial charge in [0.05, 0.1) is 29.2 Å². The summed E-state index contributed by atoms with van der Waals surface area (Å²) in [6, 6.07) is 0. The van der Waals surface area contributed by atoms with Crippen molar-refractivity contribution < 1.29 is 4.79 Å². The molecular weight excluding hydrogens is 266 g/mol. The summed E-state index contributed by atoms with van der Waals surface area (Å²) in [4.78, 5) is 16.2. The Bertz CT molecular complexity index is 659. The van der Waals surface area contributed by atoms with Gasteiger partial charge in [-0.3, -0.25) is 4.79 Å². The number of carbonyl (C=O) groups excluding carboxylic acids is 1. The van der Waals surface area contributed by atoms with Crippen molar-refractivity contribution in [2.24, 2.45) is 5.92 Å². The standard InChI is InChI=1S/C15H21N5O/c1-2-3-4-7-20-14-11(8-18-20)13(16)12(9-17-14)19-15(21)10-5-6-10/h8-10H,2-7H2,1H3,(H2,16,17)(H,19,21). The zero-order valence-corrected chi connectivity index (χ0v) is 12.3. The van der Waals surface area contributed by atoms with Crippen molar-refractivity contribution in [1.82, 2.24) is 14.8 Å². The Labute approximate surface area is 123 Å². The number of hydrogen-bond donors (Lipinski definition) is 2. The van der Waals surface area contributed by atoms with Crippen LogP contribution < -0.4 is 11.1 Å². The number of nitrogens with one attached hydrogen (secondary N) is 1. The second kappa shape index (κ2) is 5.71. The van der Waals surface area contributed by atoms with Crippen LogP contribution >= 0.6 is 0 Å². The van der Waals surface area contributed by atoms with Gasteiger partial charge in [0.2, 0.25) is 5.91 Å². The molecule has 3 rings (SSSR count). The first-order valence-corrected chi connectivity index (χ1v) is 7.61. The molecule has 1 saturated carbocycles. The number of carbonyl (C=O) groups is 1. The van der Waals surface area contributed by atoms with Crippen LogP contribution in [0.1, 0.15) is 39.0 Å². The third kappa shape index (κ3) is 2.84. The molecule has 1 amide bonds. The molecule has 0 radical (unpaired) electrons. The SMILES string of the molecule is CCCCCn1ncc2c(N)c(NC(=O)C3CC3)cnc21. The van der Waals surface area contributed by atoms with Crippen LogP contribution in [0.15, 0.2) is 12.4 Å².